The average molecular weight is 576 g/mol. The number of fused-ring (bicyclic) bond motifs is 1. The Morgan fingerprint density at radius 1 is 1.12 bits per heavy atom. The van der Waals surface area contributed by atoms with Gasteiger partial charge in [0.2, 0.25) is 0 Å². The minimum Gasteiger partial charge on any atom is -0.449 e. The van der Waals surface area contributed by atoms with Crippen molar-refractivity contribution >= 4 is 29.0 Å². The number of amides is 2. The van der Waals surface area contributed by atoms with Crippen molar-refractivity contribution < 1.29 is 29.3 Å². The van der Waals surface area contributed by atoms with Crippen LogP contribution in [0.4, 0.5) is 10.6 Å². The number of imidazole rings is 1. The summed E-state index contributed by atoms with van der Waals surface area (Å²) >= 11 is 0. The van der Waals surface area contributed by atoms with E-state index in [-0.39, 0.29) is 11.9 Å². The SMILES string of the molecule is CC.CCNC(=O)[C@H]1O[C@@H](n2cnc3c(N)nc(CCCC4CCN(C(=O)OCC5CCC5)CC4)nc32)C(O)[C@H]1O. The third-order valence-corrected chi connectivity index (χ3v) is 8.17. The maximum Gasteiger partial charge on any atom is 0.409 e. The van der Waals surface area contributed by atoms with Crippen LogP contribution < -0.4 is 11.1 Å². The van der Waals surface area contributed by atoms with Gasteiger partial charge in [0.1, 0.15) is 23.5 Å². The second-order valence-electron chi connectivity index (χ2n) is 10.9. The molecule has 2 amide bonds. The number of carbonyl (C=O) groups excluding carboxylic acids is 2. The average Bonchev–Trinajstić information content (AvgIpc) is 3.50. The van der Waals surface area contributed by atoms with Gasteiger partial charge in [0.05, 0.1) is 12.9 Å². The van der Waals surface area contributed by atoms with Crippen molar-refractivity contribution in [2.45, 2.75) is 96.7 Å². The van der Waals surface area contributed by atoms with Gasteiger partial charge in [-0.15, -0.1) is 0 Å². The molecular formula is C28H45N7O6. The van der Waals surface area contributed by atoms with Crippen molar-refractivity contribution in [3.8, 4) is 0 Å². The summed E-state index contributed by atoms with van der Waals surface area (Å²) in [4.78, 5) is 39.7. The highest BCUT2D eigenvalue weighted by Crippen LogP contribution is 2.33. The monoisotopic (exact) mass is 575 g/mol. The van der Waals surface area contributed by atoms with Crippen molar-refractivity contribution in [3.63, 3.8) is 0 Å². The number of piperidine rings is 1. The number of aromatic nitrogens is 4. The van der Waals surface area contributed by atoms with E-state index in [9.17, 15) is 19.8 Å². The number of nitrogens with one attached hydrogen (secondary N) is 1. The van der Waals surface area contributed by atoms with Gasteiger partial charge < -0.3 is 35.6 Å². The Morgan fingerprint density at radius 2 is 1.85 bits per heavy atom. The molecular weight excluding hydrogens is 530 g/mol. The third-order valence-electron chi connectivity index (χ3n) is 8.17. The first-order chi connectivity index (χ1) is 19.9. The summed E-state index contributed by atoms with van der Waals surface area (Å²) in [5.41, 5.74) is 6.90. The van der Waals surface area contributed by atoms with Crippen LogP contribution in [0.15, 0.2) is 6.33 Å². The lowest BCUT2D eigenvalue weighted by Crippen LogP contribution is -2.42. The van der Waals surface area contributed by atoms with E-state index in [0.29, 0.717) is 48.4 Å². The molecule has 5 N–H and O–H groups in total. The third kappa shape index (κ3) is 7.07. The Morgan fingerprint density at radius 3 is 2.51 bits per heavy atom. The second kappa shape index (κ2) is 14.2. The summed E-state index contributed by atoms with van der Waals surface area (Å²) in [6.45, 7) is 8.12. The van der Waals surface area contributed by atoms with E-state index in [2.05, 4.69) is 20.3 Å². The van der Waals surface area contributed by atoms with Crippen molar-refractivity contribution in [1.29, 1.82) is 0 Å². The van der Waals surface area contributed by atoms with Gasteiger partial charge in [-0.1, -0.05) is 20.3 Å². The Kier molecular flexibility index (Phi) is 10.7. The Bertz CT molecular complexity index is 1160. The number of nitrogens with two attached hydrogens (primary N) is 1. The van der Waals surface area contributed by atoms with Gasteiger partial charge in [0.25, 0.3) is 5.91 Å². The van der Waals surface area contributed by atoms with E-state index < -0.39 is 30.4 Å². The number of aliphatic hydroxyl groups excluding tert-OH is 2. The lowest BCUT2D eigenvalue weighted by Gasteiger charge is -2.32. The zero-order valence-corrected chi connectivity index (χ0v) is 24.4. The molecule has 228 valence electrons. The van der Waals surface area contributed by atoms with Gasteiger partial charge in [-0.2, -0.15) is 0 Å². The van der Waals surface area contributed by atoms with Crippen LogP contribution >= 0.6 is 0 Å². The van der Waals surface area contributed by atoms with E-state index in [0.717, 1.165) is 51.6 Å². The fraction of sp³-hybridized carbons (Fsp3) is 0.750. The number of rotatable bonds is 9. The molecule has 0 aromatic carbocycles. The predicted octanol–water partition coefficient (Wildman–Crippen LogP) is 2.16. The summed E-state index contributed by atoms with van der Waals surface area (Å²) in [6, 6.07) is 0. The quantitative estimate of drug-likeness (QED) is 0.346. The van der Waals surface area contributed by atoms with Crippen LogP contribution in [0.25, 0.3) is 11.2 Å². The number of likely N-dealkylation sites (N-methyl/N-ethyl adjacent to an activating group) is 1. The summed E-state index contributed by atoms with van der Waals surface area (Å²) in [5, 5.41) is 23.6. The molecule has 13 nitrogen and oxygen atoms in total. The smallest absolute Gasteiger partial charge is 0.409 e. The number of aliphatic hydroxyl groups is 2. The molecule has 1 aliphatic carbocycles. The Balaban J connectivity index is 0.00000189. The molecule has 2 aromatic heterocycles. The zero-order chi connectivity index (χ0) is 29.5. The molecule has 3 aliphatic rings. The number of anilines is 1. The first-order valence-electron chi connectivity index (χ1n) is 15.1. The largest absolute Gasteiger partial charge is 0.449 e. The van der Waals surface area contributed by atoms with Crippen molar-refractivity contribution in [2.75, 3.05) is 32.0 Å². The molecule has 41 heavy (non-hydrogen) atoms. The van der Waals surface area contributed by atoms with E-state index >= 15 is 0 Å². The number of ether oxygens (including phenoxy) is 2. The van der Waals surface area contributed by atoms with Gasteiger partial charge in [0.15, 0.2) is 23.8 Å². The van der Waals surface area contributed by atoms with Crippen LogP contribution in [-0.4, -0.2) is 91.2 Å². The summed E-state index contributed by atoms with van der Waals surface area (Å²) in [6.07, 6.45) is 4.13. The molecule has 0 spiro atoms. The number of nitrogens with zero attached hydrogens (tertiary/aromatic N) is 5. The molecule has 2 aromatic rings. The molecule has 13 heteroatoms. The van der Waals surface area contributed by atoms with Crippen LogP contribution in [-0.2, 0) is 20.7 Å². The molecule has 0 bridgehead atoms. The normalized spacial score (nSPS) is 25.0. The molecule has 1 saturated carbocycles. The molecule has 3 fully saturated rings. The number of likely N-dealkylation sites (tertiary alicyclic amines) is 1. The minimum atomic E-state index is -1.39. The highest BCUT2D eigenvalue weighted by atomic mass is 16.6. The van der Waals surface area contributed by atoms with Crippen LogP contribution in [0.5, 0.6) is 0 Å². The van der Waals surface area contributed by atoms with Crippen LogP contribution in [0, 0.1) is 11.8 Å². The van der Waals surface area contributed by atoms with Crippen LogP contribution in [0.3, 0.4) is 0 Å². The lowest BCUT2D eigenvalue weighted by atomic mass is 9.86. The first kappa shape index (κ1) is 30.9. The number of aryl methyl sites for hydroxylation is 1. The molecule has 2 saturated heterocycles. The topological polar surface area (TPSA) is 178 Å². The predicted molar refractivity (Wildman–Crippen MR) is 152 cm³/mol. The molecule has 0 radical (unpaired) electrons. The number of carbonyl (C=O) groups is 2. The van der Waals surface area contributed by atoms with Gasteiger partial charge in [-0.25, -0.2) is 19.7 Å². The van der Waals surface area contributed by atoms with Gasteiger partial charge >= 0.3 is 6.09 Å². The van der Waals surface area contributed by atoms with Gasteiger partial charge in [-0.05, 0) is 57.3 Å². The van der Waals surface area contributed by atoms with E-state index in [1.54, 1.807) is 6.92 Å². The maximum absolute atomic E-state index is 12.3. The number of hydrogen-bond donors (Lipinski definition) is 4. The lowest BCUT2D eigenvalue weighted by molar-refractivity contribution is -0.137. The number of nitrogen functional groups attached to an aromatic ring is 1. The minimum absolute atomic E-state index is 0.185. The van der Waals surface area contributed by atoms with E-state index in [1.165, 1.54) is 17.3 Å². The van der Waals surface area contributed by atoms with Crippen molar-refractivity contribution in [3.05, 3.63) is 12.2 Å². The molecule has 5 rings (SSSR count). The summed E-state index contributed by atoms with van der Waals surface area (Å²) in [5.74, 6) is 1.33. The maximum atomic E-state index is 12.3. The van der Waals surface area contributed by atoms with E-state index in [4.69, 9.17) is 15.2 Å². The molecule has 1 unspecified atom stereocenters. The Labute approximate surface area is 240 Å². The molecule has 4 heterocycles. The number of hydrogen-bond acceptors (Lipinski definition) is 10. The van der Waals surface area contributed by atoms with E-state index in [1.807, 2.05) is 18.7 Å². The molecule has 2 aliphatic heterocycles. The molecule has 4 atom stereocenters. The standard InChI is InChI=1S/C26H39N7O6.C2H6/c1-2-28-24(36)21-19(34)20(35)25(39-21)33-14-29-18-22(27)30-17(31-23(18)33)8-4-5-15-9-11-32(12-10-15)26(37)38-13-16-6-3-7-16;1-2/h14-16,19-21,25,34-35H,2-13H2,1H3,(H,28,36)(H2,27,30,31);1-2H3/t19-,20?,21+,25-;/m1./s1. The van der Waals surface area contributed by atoms with Crippen molar-refractivity contribution in [1.82, 2.24) is 29.7 Å². The van der Waals surface area contributed by atoms with Crippen LogP contribution in [0.2, 0.25) is 0 Å². The van der Waals surface area contributed by atoms with Gasteiger partial charge in [0, 0.05) is 26.1 Å². The Hall–Kier alpha value is -3.03. The summed E-state index contributed by atoms with van der Waals surface area (Å²) < 4.78 is 12.7. The fourth-order valence-electron chi connectivity index (χ4n) is 5.56. The highest BCUT2D eigenvalue weighted by molar-refractivity contribution is 5.83. The first-order valence-corrected chi connectivity index (χ1v) is 15.1. The van der Waals surface area contributed by atoms with Crippen molar-refractivity contribution in [2.24, 2.45) is 11.8 Å². The van der Waals surface area contributed by atoms with Gasteiger partial charge in [-0.3, -0.25) is 9.36 Å². The zero-order valence-electron chi connectivity index (χ0n) is 24.4. The van der Waals surface area contributed by atoms with Crippen LogP contribution in [0.1, 0.15) is 77.8 Å². The highest BCUT2D eigenvalue weighted by Gasteiger charge is 2.47. The summed E-state index contributed by atoms with van der Waals surface area (Å²) in [7, 11) is 0. The fourth-order valence-corrected chi connectivity index (χ4v) is 5.56. The second-order valence-corrected chi connectivity index (χ2v) is 10.9.